The van der Waals surface area contributed by atoms with Gasteiger partial charge in [-0.15, -0.1) is 0 Å². The van der Waals surface area contributed by atoms with Crippen LogP contribution in [-0.2, 0) is 7.05 Å². The summed E-state index contributed by atoms with van der Waals surface area (Å²) in [5.74, 6) is 0.0823. The SMILES string of the molecule is C[C@H](NC(=O)O)c1nc2ccc(F)cc2n1-c1cnn(C)c1. The second-order valence-electron chi connectivity index (χ2n) is 4.98. The zero-order valence-electron chi connectivity index (χ0n) is 12.0. The first-order chi connectivity index (χ1) is 10.5. The molecule has 0 radical (unpaired) electrons. The van der Waals surface area contributed by atoms with Gasteiger partial charge in [-0.1, -0.05) is 0 Å². The average Bonchev–Trinajstić information content (AvgIpc) is 3.00. The van der Waals surface area contributed by atoms with Crippen molar-refractivity contribution in [2.45, 2.75) is 13.0 Å². The molecule has 8 heteroatoms. The van der Waals surface area contributed by atoms with E-state index in [1.54, 1.807) is 41.7 Å². The Labute approximate surface area is 125 Å². The van der Waals surface area contributed by atoms with Crippen LogP contribution in [0.4, 0.5) is 9.18 Å². The highest BCUT2D eigenvalue weighted by atomic mass is 19.1. The van der Waals surface area contributed by atoms with Gasteiger partial charge in [-0.3, -0.25) is 9.25 Å². The standard InChI is InChI=1S/C14H14FN5O2/c1-8(17-14(21)22)13-18-11-4-3-9(15)5-12(11)20(13)10-6-16-19(2)7-10/h3-8,17H,1-2H3,(H,21,22)/t8-/m0/s1. The fourth-order valence-electron chi connectivity index (χ4n) is 2.40. The monoisotopic (exact) mass is 303 g/mol. The molecule has 0 spiro atoms. The summed E-state index contributed by atoms with van der Waals surface area (Å²) < 4.78 is 16.9. The van der Waals surface area contributed by atoms with Crippen LogP contribution < -0.4 is 5.32 Å². The second kappa shape index (κ2) is 5.14. The van der Waals surface area contributed by atoms with E-state index in [9.17, 15) is 9.18 Å². The van der Waals surface area contributed by atoms with Crippen molar-refractivity contribution in [3.05, 3.63) is 42.2 Å². The van der Waals surface area contributed by atoms with E-state index in [2.05, 4.69) is 15.4 Å². The summed E-state index contributed by atoms with van der Waals surface area (Å²) in [6.07, 6.45) is 2.22. The van der Waals surface area contributed by atoms with Gasteiger partial charge in [-0.05, 0) is 19.1 Å². The Morgan fingerprint density at radius 3 is 2.86 bits per heavy atom. The lowest BCUT2D eigenvalue weighted by atomic mass is 10.3. The van der Waals surface area contributed by atoms with Crippen LogP contribution in [0.5, 0.6) is 0 Å². The molecule has 0 unspecified atom stereocenters. The molecule has 114 valence electrons. The number of carbonyl (C=O) groups is 1. The molecule has 0 aliphatic rings. The van der Waals surface area contributed by atoms with E-state index in [0.717, 1.165) is 0 Å². The van der Waals surface area contributed by atoms with Crippen LogP contribution in [0.25, 0.3) is 16.7 Å². The number of carboxylic acid groups (broad SMARTS) is 1. The number of rotatable bonds is 3. The molecule has 2 N–H and O–H groups in total. The first kappa shape index (κ1) is 14.1. The number of hydrogen-bond donors (Lipinski definition) is 2. The molecule has 0 fully saturated rings. The first-order valence-corrected chi connectivity index (χ1v) is 6.62. The van der Waals surface area contributed by atoms with Crippen LogP contribution in [0.15, 0.2) is 30.6 Å². The van der Waals surface area contributed by atoms with Crippen LogP contribution in [0.3, 0.4) is 0 Å². The maximum atomic E-state index is 13.6. The third-order valence-corrected chi connectivity index (χ3v) is 3.32. The maximum absolute atomic E-state index is 13.6. The molecular formula is C14H14FN5O2. The Bertz CT molecular complexity index is 854. The first-order valence-electron chi connectivity index (χ1n) is 6.62. The van der Waals surface area contributed by atoms with Crippen LogP contribution in [0, 0.1) is 5.82 Å². The summed E-state index contributed by atoms with van der Waals surface area (Å²) in [7, 11) is 1.77. The van der Waals surface area contributed by atoms with Gasteiger partial charge < -0.3 is 10.4 Å². The second-order valence-corrected chi connectivity index (χ2v) is 4.98. The molecule has 3 aromatic rings. The Balaban J connectivity index is 2.24. The average molecular weight is 303 g/mol. The van der Waals surface area contributed by atoms with Crippen molar-refractivity contribution in [2.75, 3.05) is 0 Å². The summed E-state index contributed by atoms with van der Waals surface area (Å²) in [6.45, 7) is 1.68. The zero-order valence-corrected chi connectivity index (χ0v) is 12.0. The maximum Gasteiger partial charge on any atom is 0.405 e. The Morgan fingerprint density at radius 2 is 2.23 bits per heavy atom. The van der Waals surface area contributed by atoms with Crippen LogP contribution in [-0.4, -0.2) is 30.5 Å². The summed E-state index contributed by atoms with van der Waals surface area (Å²) in [5, 5.41) is 15.4. The molecule has 1 aromatic carbocycles. The van der Waals surface area contributed by atoms with Crippen molar-refractivity contribution < 1.29 is 14.3 Å². The summed E-state index contributed by atoms with van der Waals surface area (Å²) in [5.41, 5.74) is 1.82. The molecule has 0 saturated heterocycles. The third kappa shape index (κ3) is 2.39. The minimum Gasteiger partial charge on any atom is -0.465 e. The molecule has 1 amide bonds. The van der Waals surface area contributed by atoms with E-state index >= 15 is 0 Å². The lowest BCUT2D eigenvalue weighted by molar-refractivity contribution is 0.190. The van der Waals surface area contributed by atoms with Crippen molar-refractivity contribution in [3.63, 3.8) is 0 Å². The molecule has 7 nitrogen and oxygen atoms in total. The largest absolute Gasteiger partial charge is 0.465 e. The van der Waals surface area contributed by atoms with Gasteiger partial charge in [0.15, 0.2) is 0 Å². The zero-order chi connectivity index (χ0) is 15.9. The fourth-order valence-corrected chi connectivity index (χ4v) is 2.40. The molecule has 22 heavy (non-hydrogen) atoms. The number of hydrogen-bond acceptors (Lipinski definition) is 3. The molecule has 0 bridgehead atoms. The van der Waals surface area contributed by atoms with Gasteiger partial charge in [0.2, 0.25) is 0 Å². The summed E-state index contributed by atoms with van der Waals surface area (Å²) in [6, 6.07) is 3.69. The van der Waals surface area contributed by atoms with Crippen molar-refractivity contribution in [1.29, 1.82) is 0 Å². The predicted octanol–water partition coefficient (Wildman–Crippen LogP) is 2.23. The van der Waals surface area contributed by atoms with Crippen LogP contribution in [0.1, 0.15) is 18.8 Å². The van der Waals surface area contributed by atoms with Gasteiger partial charge in [-0.2, -0.15) is 5.10 Å². The van der Waals surface area contributed by atoms with E-state index in [1.807, 2.05) is 0 Å². The third-order valence-electron chi connectivity index (χ3n) is 3.32. The summed E-state index contributed by atoms with van der Waals surface area (Å²) in [4.78, 5) is 15.3. The highest BCUT2D eigenvalue weighted by Crippen LogP contribution is 2.25. The van der Waals surface area contributed by atoms with Crippen molar-refractivity contribution in [2.24, 2.45) is 7.05 Å². The van der Waals surface area contributed by atoms with Gasteiger partial charge in [0.25, 0.3) is 0 Å². The minimum absolute atomic E-state index is 0.386. The number of nitrogens with zero attached hydrogens (tertiary/aromatic N) is 4. The van der Waals surface area contributed by atoms with E-state index < -0.39 is 12.1 Å². The van der Waals surface area contributed by atoms with Gasteiger partial charge >= 0.3 is 6.09 Å². The topological polar surface area (TPSA) is 85.0 Å². The van der Waals surface area contributed by atoms with Gasteiger partial charge in [0, 0.05) is 19.3 Å². The smallest absolute Gasteiger partial charge is 0.405 e. The van der Waals surface area contributed by atoms with Gasteiger partial charge in [0.1, 0.15) is 11.6 Å². The number of nitrogens with one attached hydrogen (secondary N) is 1. The van der Waals surface area contributed by atoms with E-state index in [-0.39, 0.29) is 5.82 Å². The molecule has 2 heterocycles. The highest BCUT2D eigenvalue weighted by Gasteiger charge is 2.20. The number of aromatic nitrogens is 4. The van der Waals surface area contributed by atoms with Gasteiger partial charge in [0.05, 0.1) is 29.0 Å². The number of aryl methyl sites for hydroxylation is 1. The highest BCUT2D eigenvalue weighted by molar-refractivity contribution is 5.78. The molecule has 1 atom stereocenters. The number of imidazole rings is 1. The van der Waals surface area contributed by atoms with Crippen molar-refractivity contribution >= 4 is 17.1 Å². The molecular weight excluding hydrogens is 289 g/mol. The summed E-state index contributed by atoms with van der Waals surface area (Å²) >= 11 is 0. The van der Waals surface area contributed by atoms with Crippen molar-refractivity contribution in [3.8, 4) is 5.69 Å². The van der Waals surface area contributed by atoms with Crippen molar-refractivity contribution in [1.82, 2.24) is 24.6 Å². The lowest BCUT2D eigenvalue weighted by Crippen LogP contribution is -2.26. The van der Waals surface area contributed by atoms with E-state index in [4.69, 9.17) is 5.11 Å². The minimum atomic E-state index is -1.15. The van der Waals surface area contributed by atoms with Crippen LogP contribution >= 0.6 is 0 Å². The molecule has 0 aliphatic carbocycles. The predicted molar refractivity (Wildman–Crippen MR) is 77.4 cm³/mol. The molecule has 0 saturated carbocycles. The number of amides is 1. The van der Waals surface area contributed by atoms with Gasteiger partial charge in [-0.25, -0.2) is 14.2 Å². The molecule has 3 rings (SSSR count). The number of halogens is 1. The number of benzene rings is 1. The fraction of sp³-hybridized carbons (Fsp3) is 0.214. The molecule has 0 aliphatic heterocycles. The van der Waals surface area contributed by atoms with E-state index in [1.165, 1.54) is 12.1 Å². The van der Waals surface area contributed by atoms with E-state index in [0.29, 0.717) is 22.5 Å². The number of fused-ring (bicyclic) bond motifs is 1. The van der Waals surface area contributed by atoms with Crippen LogP contribution in [0.2, 0.25) is 0 Å². The Kier molecular flexibility index (Phi) is 3.28. The molecule has 2 aromatic heterocycles. The quantitative estimate of drug-likeness (QED) is 0.777. The lowest BCUT2D eigenvalue weighted by Gasteiger charge is -2.13. The normalized spacial score (nSPS) is 12.5. The Morgan fingerprint density at radius 1 is 1.45 bits per heavy atom. The Hall–Kier alpha value is -2.90.